The van der Waals surface area contributed by atoms with Gasteiger partial charge in [-0.2, -0.15) is 13.2 Å². The van der Waals surface area contributed by atoms with Gasteiger partial charge >= 0.3 is 6.18 Å². The Morgan fingerprint density at radius 3 is 1.69 bits per heavy atom. The quantitative estimate of drug-likeness (QED) is 0.188. The summed E-state index contributed by atoms with van der Waals surface area (Å²) >= 11 is 0. The van der Waals surface area contributed by atoms with Gasteiger partial charge in [-0.15, -0.1) is 0 Å². The van der Waals surface area contributed by atoms with Crippen LogP contribution in [-0.2, 0) is 36.6 Å². The van der Waals surface area contributed by atoms with Gasteiger partial charge in [0.1, 0.15) is 0 Å². The highest BCUT2D eigenvalue weighted by Gasteiger charge is 2.63. The van der Waals surface area contributed by atoms with Crippen molar-refractivity contribution in [2.75, 3.05) is 0 Å². The Morgan fingerprint density at radius 2 is 1.13 bits per heavy atom. The molecule has 2 heterocycles. The zero-order valence-electron chi connectivity index (χ0n) is 31.5. The van der Waals surface area contributed by atoms with E-state index < -0.39 is 11.7 Å². The third-order valence-corrected chi connectivity index (χ3v) is 14.5. The van der Waals surface area contributed by atoms with Gasteiger partial charge in [-0.1, -0.05) is 135 Å². The van der Waals surface area contributed by atoms with Crippen molar-refractivity contribution in [2.45, 2.75) is 131 Å². The van der Waals surface area contributed by atoms with E-state index in [4.69, 9.17) is 0 Å². The number of hydrogen-bond acceptors (Lipinski definition) is 2. The molecule has 0 aliphatic heterocycles. The van der Waals surface area contributed by atoms with E-state index in [1.54, 1.807) is 10.7 Å². The second-order valence-corrected chi connectivity index (χ2v) is 17.4. The number of rotatable bonds is 6. The Bertz CT molecular complexity index is 2310. The molecular formula is C46H57F3N4O2. The van der Waals surface area contributed by atoms with Crippen molar-refractivity contribution in [1.29, 1.82) is 0 Å². The average Bonchev–Trinajstić information content (AvgIpc) is 3.82. The van der Waals surface area contributed by atoms with E-state index in [2.05, 4.69) is 75.6 Å². The summed E-state index contributed by atoms with van der Waals surface area (Å²) < 4.78 is 46.6. The van der Waals surface area contributed by atoms with Crippen LogP contribution in [0.15, 0.2) is 94.5 Å². The fraction of sp³-hybridized carbons (Fsp3) is 0.478. The molecule has 4 aliphatic rings. The third kappa shape index (κ3) is 5.81. The van der Waals surface area contributed by atoms with Crippen LogP contribution in [0.3, 0.4) is 0 Å². The van der Waals surface area contributed by atoms with E-state index in [9.17, 15) is 22.8 Å². The van der Waals surface area contributed by atoms with E-state index in [-0.39, 0.29) is 65.7 Å². The molecule has 4 bridgehead atoms. The topological polar surface area (TPSA) is 64.7 Å². The van der Waals surface area contributed by atoms with Gasteiger partial charge < -0.3 is 0 Å². The summed E-state index contributed by atoms with van der Waals surface area (Å²) in [5.41, 5.74) is 5.86. The molecule has 0 unspecified atom stereocenters. The van der Waals surface area contributed by atoms with E-state index in [1.165, 1.54) is 29.8 Å². The highest BCUT2D eigenvalue weighted by atomic mass is 19.4. The van der Waals surface area contributed by atoms with Gasteiger partial charge in [0.05, 0.1) is 36.6 Å². The standard InChI is InChI=1S/C26H27F3N2O.C18H22N2O.2CH4/c1-24(2)20-13-14-25(24,3)22-21(20)23(32)31(30(22)15-17-9-5-4-6-10-17)16-18-11-7-8-12-19(18)26(27,28)29;1-17(2)13-9-10-18(17,3)15-14(13)16(21)19-20(15)11-12-7-5-4-6-8-12;;/h4-12,20H,13-16H2,1-3H3;4-8,13H,9-11H2,1-3H3,(H,19,21);2*1H4/t20-,25+;13-,18+;;/m00../s1. The summed E-state index contributed by atoms with van der Waals surface area (Å²) in [7, 11) is 0. The lowest BCUT2D eigenvalue weighted by Gasteiger charge is -2.36. The summed E-state index contributed by atoms with van der Waals surface area (Å²) in [5, 5.41) is 3.09. The van der Waals surface area contributed by atoms with E-state index >= 15 is 0 Å². The number of nitrogens with one attached hydrogen (secondary N) is 1. The fourth-order valence-electron chi connectivity index (χ4n) is 10.8. The van der Waals surface area contributed by atoms with Crippen LogP contribution in [0, 0.1) is 10.8 Å². The SMILES string of the molecule is C.C.CC1(C)[C@H]2CC[C@]1(C)c1c2c(=O)[nH]n1Cc1ccccc1.CC1(C)[C@H]2CC[C@]1(C)c1c2c(=O)n(Cc2ccccc2C(F)(F)F)n1Cc1ccccc1. The lowest BCUT2D eigenvalue weighted by Crippen LogP contribution is -2.36. The molecule has 0 amide bonds. The minimum atomic E-state index is -4.47. The molecule has 4 aliphatic carbocycles. The van der Waals surface area contributed by atoms with E-state index in [0.29, 0.717) is 12.5 Å². The van der Waals surface area contributed by atoms with Crippen LogP contribution in [0.1, 0.15) is 139 Å². The van der Waals surface area contributed by atoms with Crippen LogP contribution in [-0.4, -0.2) is 19.1 Å². The number of alkyl halides is 3. The zero-order valence-corrected chi connectivity index (χ0v) is 31.5. The van der Waals surface area contributed by atoms with Crippen molar-refractivity contribution in [1.82, 2.24) is 19.1 Å². The van der Waals surface area contributed by atoms with Crippen molar-refractivity contribution in [2.24, 2.45) is 10.8 Å². The monoisotopic (exact) mass is 754 g/mol. The number of aromatic nitrogens is 4. The summed E-state index contributed by atoms with van der Waals surface area (Å²) in [6, 6.07) is 25.7. The van der Waals surface area contributed by atoms with Crippen LogP contribution >= 0.6 is 0 Å². The van der Waals surface area contributed by atoms with Crippen LogP contribution in [0.4, 0.5) is 13.2 Å². The minimum absolute atomic E-state index is 0. The summed E-state index contributed by atoms with van der Waals surface area (Å²) in [4.78, 5) is 26.2. The number of benzene rings is 3. The Kier molecular flexibility index (Phi) is 9.92. The van der Waals surface area contributed by atoms with Crippen molar-refractivity contribution in [3.05, 3.63) is 150 Å². The van der Waals surface area contributed by atoms with Gasteiger partial charge in [-0.3, -0.25) is 24.1 Å². The van der Waals surface area contributed by atoms with Crippen LogP contribution in [0.25, 0.3) is 0 Å². The van der Waals surface area contributed by atoms with Crippen LogP contribution in [0.5, 0.6) is 0 Å². The Balaban J connectivity index is 0.000000195. The summed E-state index contributed by atoms with van der Waals surface area (Å²) in [6.45, 7) is 14.8. The molecule has 0 radical (unpaired) electrons. The molecule has 4 atom stereocenters. The lowest BCUT2D eigenvalue weighted by atomic mass is 9.70. The van der Waals surface area contributed by atoms with Crippen molar-refractivity contribution >= 4 is 0 Å². The molecule has 5 aromatic rings. The number of nitrogens with zero attached hydrogens (tertiary/aromatic N) is 3. The maximum absolute atomic E-state index is 13.7. The predicted molar refractivity (Wildman–Crippen MR) is 215 cm³/mol. The number of halogens is 3. The molecule has 1 N–H and O–H groups in total. The first kappa shape index (κ1) is 40.1. The number of aromatic amines is 1. The minimum Gasteiger partial charge on any atom is -0.284 e. The summed E-state index contributed by atoms with van der Waals surface area (Å²) in [5.74, 6) is 0.550. The molecule has 294 valence electrons. The van der Waals surface area contributed by atoms with Gasteiger partial charge in [0.2, 0.25) is 0 Å². The van der Waals surface area contributed by atoms with Crippen LogP contribution < -0.4 is 11.1 Å². The molecule has 2 saturated carbocycles. The molecule has 9 heteroatoms. The zero-order chi connectivity index (χ0) is 37.7. The fourth-order valence-corrected chi connectivity index (χ4v) is 10.8. The maximum Gasteiger partial charge on any atom is 0.416 e. The van der Waals surface area contributed by atoms with Gasteiger partial charge in [0.15, 0.2) is 0 Å². The first-order chi connectivity index (χ1) is 25.0. The number of H-pyrrole nitrogens is 1. The molecule has 9 rings (SSSR count). The lowest BCUT2D eigenvalue weighted by molar-refractivity contribution is -0.138. The second kappa shape index (κ2) is 13.6. The van der Waals surface area contributed by atoms with Crippen molar-refractivity contribution in [3.8, 4) is 0 Å². The molecule has 0 spiro atoms. The maximum atomic E-state index is 13.7. The molecule has 2 aromatic heterocycles. The van der Waals surface area contributed by atoms with Gasteiger partial charge in [-0.25, -0.2) is 4.68 Å². The van der Waals surface area contributed by atoms with Gasteiger partial charge in [0, 0.05) is 22.0 Å². The molecule has 0 saturated heterocycles. The first-order valence-corrected chi connectivity index (χ1v) is 18.9. The molecule has 55 heavy (non-hydrogen) atoms. The summed E-state index contributed by atoms with van der Waals surface area (Å²) in [6.07, 6.45) is -0.208. The van der Waals surface area contributed by atoms with Gasteiger partial charge in [-0.05, 0) is 71.1 Å². The second-order valence-electron chi connectivity index (χ2n) is 17.4. The van der Waals surface area contributed by atoms with Crippen LogP contribution in [0.2, 0.25) is 0 Å². The Labute approximate surface area is 323 Å². The normalized spacial score (nSPS) is 24.7. The first-order valence-electron chi connectivity index (χ1n) is 18.9. The Morgan fingerprint density at radius 1 is 0.636 bits per heavy atom. The third-order valence-electron chi connectivity index (χ3n) is 14.5. The van der Waals surface area contributed by atoms with Gasteiger partial charge in [0.25, 0.3) is 11.1 Å². The highest BCUT2D eigenvalue weighted by Crippen LogP contribution is 2.68. The largest absolute Gasteiger partial charge is 0.416 e. The molecule has 3 aromatic carbocycles. The van der Waals surface area contributed by atoms with E-state index in [0.717, 1.165) is 54.3 Å². The molecule has 2 fully saturated rings. The average molecular weight is 755 g/mol. The molecular weight excluding hydrogens is 698 g/mol. The number of hydrogen-bond donors (Lipinski definition) is 1. The highest BCUT2D eigenvalue weighted by molar-refractivity contribution is 5.47. The predicted octanol–water partition coefficient (Wildman–Crippen LogP) is 10.6. The smallest absolute Gasteiger partial charge is 0.284 e. The van der Waals surface area contributed by atoms with Crippen molar-refractivity contribution < 1.29 is 13.2 Å². The Hall–Kier alpha value is -4.53. The molecule has 6 nitrogen and oxygen atoms in total. The van der Waals surface area contributed by atoms with Crippen molar-refractivity contribution in [3.63, 3.8) is 0 Å². The van der Waals surface area contributed by atoms with E-state index in [1.807, 2.05) is 41.1 Å². The number of fused-ring (bicyclic) bond motifs is 10.